The molecule has 0 unspecified atom stereocenters. The lowest BCUT2D eigenvalue weighted by Crippen LogP contribution is -2.18. The lowest BCUT2D eigenvalue weighted by atomic mass is 10.2. The van der Waals surface area contributed by atoms with Crippen LogP contribution in [0.4, 0.5) is 11.4 Å². The molecule has 0 atom stereocenters. The second-order valence-electron chi connectivity index (χ2n) is 5.19. The third-order valence-electron chi connectivity index (χ3n) is 3.69. The molecule has 1 fully saturated rings. The number of ether oxygens (including phenoxy) is 1. The van der Waals surface area contributed by atoms with Gasteiger partial charge in [0.05, 0.1) is 11.4 Å². The Morgan fingerprint density at radius 3 is 2.45 bits per heavy atom. The highest BCUT2D eigenvalue weighted by Crippen LogP contribution is 2.30. The van der Waals surface area contributed by atoms with Crippen LogP contribution in [0.1, 0.15) is 18.4 Å². The summed E-state index contributed by atoms with van der Waals surface area (Å²) in [7, 11) is 0. The molecule has 0 spiro atoms. The molecule has 0 amide bonds. The molecule has 0 saturated carbocycles. The third kappa shape index (κ3) is 2.87. The topological polar surface area (TPSA) is 38.5 Å². The molecule has 2 aromatic carbocycles. The Morgan fingerprint density at radius 2 is 1.75 bits per heavy atom. The third-order valence-corrected chi connectivity index (χ3v) is 3.69. The molecule has 2 aromatic rings. The molecule has 3 nitrogen and oxygen atoms in total. The van der Waals surface area contributed by atoms with Gasteiger partial charge in [-0.25, -0.2) is 0 Å². The number of benzene rings is 2. The fourth-order valence-corrected chi connectivity index (χ4v) is 2.61. The summed E-state index contributed by atoms with van der Waals surface area (Å²) >= 11 is 0. The van der Waals surface area contributed by atoms with Gasteiger partial charge >= 0.3 is 0 Å². The Hall–Kier alpha value is -2.16. The maximum absolute atomic E-state index is 6.15. The maximum atomic E-state index is 6.15. The number of hydrogen-bond donors (Lipinski definition) is 1. The first-order valence-electron chi connectivity index (χ1n) is 7.14. The first-order chi connectivity index (χ1) is 9.83. The van der Waals surface area contributed by atoms with E-state index in [9.17, 15) is 0 Å². The number of nitrogens with two attached hydrogens (primary N) is 1. The highest BCUT2D eigenvalue weighted by Gasteiger charge is 2.14. The highest BCUT2D eigenvalue weighted by atomic mass is 16.5. The van der Waals surface area contributed by atoms with E-state index in [4.69, 9.17) is 10.5 Å². The first kappa shape index (κ1) is 12.9. The molecule has 0 radical (unpaired) electrons. The van der Waals surface area contributed by atoms with Crippen molar-refractivity contribution >= 4 is 11.4 Å². The summed E-state index contributed by atoms with van der Waals surface area (Å²) in [5, 5.41) is 0. The van der Waals surface area contributed by atoms with E-state index in [2.05, 4.69) is 23.1 Å². The zero-order chi connectivity index (χ0) is 13.8. The zero-order valence-electron chi connectivity index (χ0n) is 11.6. The van der Waals surface area contributed by atoms with Crippen LogP contribution >= 0.6 is 0 Å². The van der Waals surface area contributed by atoms with Crippen LogP contribution in [0.25, 0.3) is 0 Å². The fourth-order valence-electron chi connectivity index (χ4n) is 2.61. The second kappa shape index (κ2) is 5.87. The van der Waals surface area contributed by atoms with Gasteiger partial charge in [-0.2, -0.15) is 0 Å². The second-order valence-corrected chi connectivity index (χ2v) is 5.19. The smallest absolute Gasteiger partial charge is 0.122 e. The van der Waals surface area contributed by atoms with Gasteiger partial charge in [-0.1, -0.05) is 30.3 Å². The predicted octanol–water partition coefficient (Wildman–Crippen LogP) is 3.45. The average molecular weight is 268 g/mol. The summed E-state index contributed by atoms with van der Waals surface area (Å²) in [5.41, 5.74) is 9.25. The van der Waals surface area contributed by atoms with Crippen LogP contribution in [0.2, 0.25) is 0 Å². The maximum Gasteiger partial charge on any atom is 0.122 e. The minimum absolute atomic E-state index is 0.573. The van der Waals surface area contributed by atoms with E-state index < -0.39 is 0 Å². The molecule has 0 aromatic heterocycles. The summed E-state index contributed by atoms with van der Waals surface area (Å²) in [6.45, 7) is 2.78. The van der Waals surface area contributed by atoms with E-state index in [1.54, 1.807) is 0 Å². The molecule has 1 saturated heterocycles. The van der Waals surface area contributed by atoms with Crippen molar-refractivity contribution in [3.63, 3.8) is 0 Å². The Kier molecular flexibility index (Phi) is 3.77. The van der Waals surface area contributed by atoms with Gasteiger partial charge in [0.15, 0.2) is 0 Å². The normalized spacial score (nSPS) is 14.5. The molecule has 3 rings (SSSR count). The van der Waals surface area contributed by atoms with Crippen molar-refractivity contribution in [2.75, 3.05) is 23.7 Å². The van der Waals surface area contributed by atoms with Gasteiger partial charge in [0.2, 0.25) is 0 Å². The molecule has 0 aliphatic carbocycles. The lowest BCUT2D eigenvalue weighted by molar-refractivity contribution is 0.306. The van der Waals surface area contributed by atoms with E-state index in [0.717, 1.165) is 35.8 Å². The summed E-state index contributed by atoms with van der Waals surface area (Å²) in [4.78, 5) is 2.34. The molecule has 1 aliphatic rings. The van der Waals surface area contributed by atoms with Crippen molar-refractivity contribution in [2.45, 2.75) is 19.4 Å². The van der Waals surface area contributed by atoms with Gasteiger partial charge in [-0.3, -0.25) is 0 Å². The Bertz CT molecular complexity index is 562. The van der Waals surface area contributed by atoms with E-state index in [1.807, 2.05) is 30.3 Å². The monoisotopic (exact) mass is 268 g/mol. The van der Waals surface area contributed by atoms with Crippen molar-refractivity contribution in [3.05, 3.63) is 54.1 Å². The van der Waals surface area contributed by atoms with Crippen LogP contribution in [0.5, 0.6) is 5.75 Å². The van der Waals surface area contributed by atoms with Gasteiger partial charge < -0.3 is 15.4 Å². The van der Waals surface area contributed by atoms with Gasteiger partial charge in [-0.05, 0) is 30.5 Å². The quantitative estimate of drug-likeness (QED) is 0.863. The van der Waals surface area contributed by atoms with E-state index in [-0.39, 0.29) is 0 Å². The zero-order valence-corrected chi connectivity index (χ0v) is 11.6. The number of nitrogen functional groups attached to an aromatic ring is 1. The summed E-state index contributed by atoms with van der Waals surface area (Å²) < 4.78 is 5.79. The first-order valence-corrected chi connectivity index (χ1v) is 7.14. The van der Waals surface area contributed by atoms with Gasteiger partial charge in [-0.15, -0.1) is 0 Å². The van der Waals surface area contributed by atoms with Crippen LogP contribution in [0.3, 0.4) is 0 Å². The number of nitrogens with zero attached hydrogens (tertiary/aromatic N) is 1. The molecule has 1 heterocycles. The Labute approximate surface area is 120 Å². The molecular weight excluding hydrogens is 248 g/mol. The molecule has 0 bridgehead atoms. The van der Waals surface area contributed by atoms with Crippen LogP contribution in [-0.4, -0.2) is 13.1 Å². The van der Waals surface area contributed by atoms with Crippen molar-refractivity contribution in [1.29, 1.82) is 0 Å². The molecule has 104 valence electrons. The molecular formula is C17H20N2O. The van der Waals surface area contributed by atoms with Crippen LogP contribution in [0.15, 0.2) is 48.5 Å². The lowest BCUT2D eigenvalue weighted by Gasteiger charge is -2.20. The van der Waals surface area contributed by atoms with Gasteiger partial charge in [0, 0.05) is 19.2 Å². The summed E-state index contributed by atoms with van der Waals surface area (Å²) in [6, 6.07) is 16.2. The minimum Gasteiger partial charge on any atom is -0.489 e. The van der Waals surface area contributed by atoms with Gasteiger partial charge in [0.1, 0.15) is 12.4 Å². The van der Waals surface area contributed by atoms with E-state index in [1.165, 1.54) is 12.8 Å². The summed E-state index contributed by atoms with van der Waals surface area (Å²) in [6.07, 6.45) is 2.51. The largest absolute Gasteiger partial charge is 0.489 e. The molecule has 1 aliphatic heterocycles. The number of hydrogen-bond acceptors (Lipinski definition) is 3. The molecule has 3 heteroatoms. The SMILES string of the molecule is Nc1cc(OCc2ccccc2)ccc1N1CCCC1. The minimum atomic E-state index is 0.573. The number of rotatable bonds is 4. The standard InChI is InChI=1S/C17H20N2O/c18-16-12-15(20-13-14-6-2-1-3-7-14)8-9-17(16)19-10-4-5-11-19/h1-3,6-9,12H,4-5,10-11,13,18H2. The van der Waals surface area contributed by atoms with Crippen LogP contribution in [-0.2, 0) is 6.61 Å². The highest BCUT2D eigenvalue weighted by molar-refractivity contribution is 5.69. The van der Waals surface area contributed by atoms with Crippen LogP contribution < -0.4 is 15.4 Å². The Morgan fingerprint density at radius 1 is 1.00 bits per heavy atom. The Balaban J connectivity index is 1.67. The molecule has 2 N–H and O–H groups in total. The molecule has 20 heavy (non-hydrogen) atoms. The average Bonchev–Trinajstić information content (AvgIpc) is 3.00. The summed E-state index contributed by atoms with van der Waals surface area (Å²) in [5.74, 6) is 0.828. The van der Waals surface area contributed by atoms with Crippen molar-refractivity contribution in [2.24, 2.45) is 0 Å². The predicted molar refractivity (Wildman–Crippen MR) is 83.1 cm³/mol. The van der Waals surface area contributed by atoms with E-state index in [0.29, 0.717) is 6.61 Å². The van der Waals surface area contributed by atoms with Crippen molar-refractivity contribution < 1.29 is 4.74 Å². The fraction of sp³-hybridized carbons (Fsp3) is 0.294. The number of anilines is 2. The van der Waals surface area contributed by atoms with Gasteiger partial charge in [0.25, 0.3) is 0 Å². The van der Waals surface area contributed by atoms with E-state index >= 15 is 0 Å². The van der Waals surface area contributed by atoms with Crippen LogP contribution in [0, 0.1) is 0 Å². The van der Waals surface area contributed by atoms with Crippen molar-refractivity contribution in [1.82, 2.24) is 0 Å². The van der Waals surface area contributed by atoms with Crippen molar-refractivity contribution in [3.8, 4) is 5.75 Å².